The molecular weight excluding hydrogens is 568 g/mol. The summed E-state index contributed by atoms with van der Waals surface area (Å²) in [5.41, 5.74) is 9.07. The van der Waals surface area contributed by atoms with Gasteiger partial charge in [-0.3, -0.25) is 19.2 Å². The molecule has 2 heterocycles. The highest BCUT2D eigenvalue weighted by Crippen LogP contribution is 2.34. The lowest BCUT2D eigenvalue weighted by Gasteiger charge is -2.38. The van der Waals surface area contributed by atoms with Crippen LogP contribution in [0.4, 0.5) is 0 Å². The van der Waals surface area contributed by atoms with E-state index in [9.17, 15) is 29.1 Å². The third kappa shape index (κ3) is 7.01. The maximum absolute atomic E-state index is 13.5. The number of carbonyl (C=O) groups is 5. The molecule has 13 heteroatoms. The molecule has 0 saturated carbocycles. The van der Waals surface area contributed by atoms with E-state index in [1.807, 2.05) is 42.5 Å². The Labute approximate surface area is 245 Å². The Hall–Kier alpha value is -4.55. The largest absolute Gasteiger partial charge is 0.481 e. The van der Waals surface area contributed by atoms with Crippen LogP contribution in [-0.2, 0) is 28.9 Å². The first-order valence-electron chi connectivity index (χ1n) is 13.3. The van der Waals surface area contributed by atoms with E-state index in [4.69, 9.17) is 27.4 Å². The van der Waals surface area contributed by atoms with Gasteiger partial charge in [0.2, 0.25) is 11.9 Å². The number of nitrogens with two attached hydrogens (primary N) is 1. The molecule has 3 unspecified atom stereocenters. The van der Waals surface area contributed by atoms with Crippen molar-refractivity contribution in [1.82, 2.24) is 5.32 Å². The number of fused-ring (bicyclic) bond motifs is 2. The number of quaternary nitrogens is 1. The van der Waals surface area contributed by atoms with Gasteiger partial charge >= 0.3 is 17.8 Å². The van der Waals surface area contributed by atoms with Crippen molar-refractivity contribution >= 4 is 47.0 Å². The minimum atomic E-state index is -1.41. The van der Waals surface area contributed by atoms with E-state index < -0.39 is 59.2 Å². The number of carboxylic acid groups (broad SMARTS) is 2. The standard InChI is InChI=1S/C29H29ClN4O8/c30-21-3-1-2-20(15-21)18-5-7-19(8-6-18)23-14-17-4-11-25(35)34(16-17,42-33-23)24(10-13-27(38)39)29(41)32-22(28(31)40)9-12-26(36)37/h1-3,5-8,14-15,22,24H,4,9-13,16H2,(H4-,31,32,36,37,38,39,40,41)/p+1. The highest BCUT2D eigenvalue weighted by atomic mass is 35.5. The average molecular weight is 598 g/mol. The summed E-state index contributed by atoms with van der Waals surface area (Å²) < 4.78 is -0.931. The predicted molar refractivity (Wildman–Crippen MR) is 151 cm³/mol. The molecule has 1 saturated heterocycles. The lowest BCUT2D eigenvalue weighted by Crippen LogP contribution is -2.66. The van der Waals surface area contributed by atoms with Crippen LogP contribution < -0.4 is 11.1 Å². The molecule has 3 atom stereocenters. The highest BCUT2D eigenvalue weighted by molar-refractivity contribution is 6.30. The molecule has 220 valence electrons. The molecular formula is C29H30ClN4O8+. The van der Waals surface area contributed by atoms with Crippen molar-refractivity contribution in [2.24, 2.45) is 10.9 Å². The number of carbonyl (C=O) groups excluding carboxylic acids is 3. The van der Waals surface area contributed by atoms with Gasteiger partial charge in [0.1, 0.15) is 11.8 Å². The van der Waals surface area contributed by atoms with Gasteiger partial charge in [0.15, 0.2) is 6.54 Å². The number of benzene rings is 2. The fraction of sp³-hybridized carbons (Fsp3) is 0.310. The van der Waals surface area contributed by atoms with Crippen LogP contribution in [-0.4, -0.2) is 68.9 Å². The molecule has 2 aromatic carbocycles. The summed E-state index contributed by atoms with van der Waals surface area (Å²) in [6.07, 6.45) is 0.659. The zero-order chi connectivity index (χ0) is 30.4. The maximum atomic E-state index is 13.5. The number of oxime groups is 1. The second-order valence-electron chi connectivity index (χ2n) is 10.1. The van der Waals surface area contributed by atoms with Gasteiger partial charge in [-0.1, -0.05) is 48.0 Å². The van der Waals surface area contributed by atoms with Crippen LogP contribution in [0.5, 0.6) is 0 Å². The molecule has 0 aliphatic carbocycles. The quantitative estimate of drug-likeness (QED) is 0.269. The predicted octanol–water partition coefficient (Wildman–Crippen LogP) is 2.79. The van der Waals surface area contributed by atoms with E-state index in [-0.39, 0.29) is 25.8 Å². The first-order chi connectivity index (χ1) is 20.0. The van der Waals surface area contributed by atoms with E-state index >= 15 is 0 Å². The van der Waals surface area contributed by atoms with E-state index in [0.717, 1.165) is 16.7 Å². The molecule has 1 fully saturated rings. The van der Waals surface area contributed by atoms with Crippen molar-refractivity contribution < 1.29 is 43.8 Å². The van der Waals surface area contributed by atoms with Crippen LogP contribution >= 0.6 is 11.6 Å². The van der Waals surface area contributed by atoms with Gasteiger partial charge in [0.05, 0.1) is 12.8 Å². The van der Waals surface area contributed by atoms with Gasteiger partial charge in [-0.05, 0) is 57.6 Å². The zero-order valence-electron chi connectivity index (χ0n) is 22.5. The molecule has 2 aliphatic heterocycles. The number of nitrogens with zero attached hydrogens (tertiary/aromatic N) is 2. The van der Waals surface area contributed by atoms with E-state index in [1.165, 1.54) is 0 Å². The number of halogens is 1. The topological polar surface area (TPSA) is 185 Å². The van der Waals surface area contributed by atoms with Crippen molar-refractivity contribution in [3.63, 3.8) is 0 Å². The van der Waals surface area contributed by atoms with Crippen LogP contribution in [0.15, 0.2) is 65.3 Å². The van der Waals surface area contributed by atoms with Crippen molar-refractivity contribution in [3.8, 4) is 11.1 Å². The fourth-order valence-electron chi connectivity index (χ4n) is 5.04. The highest BCUT2D eigenvalue weighted by Gasteiger charge is 2.55. The molecule has 42 heavy (non-hydrogen) atoms. The van der Waals surface area contributed by atoms with Gasteiger partial charge < -0.3 is 21.3 Å². The zero-order valence-corrected chi connectivity index (χ0v) is 23.3. The van der Waals surface area contributed by atoms with Crippen molar-refractivity contribution in [2.75, 3.05) is 6.54 Å². The Bertz CT molecular complexity index is 1470. The molecule has 2 bridgehead atoms. The first-order valence-corrected chi connectivity index (χ1v) is 13.6. The molecule has 3 amide bonds. The monoisotopic (exact) mass is 597 g/mol. The summed E-state index contributed by atoms with van der Waals surface area (Å²) in [7, 11) is 0. The molecule has 12 nitrogen and oxygen atoms in total. The van der Waals surface area contributed by atoms with E-state index in [1.54, 1.807) is 12.1 Å². The van der Waals surface area contributed by atoms with Crippen LogP contribution in [0.3, 0.4) is 0 Å². The lowest BCUT2D eigenvalue weighted by molar-refractivity contribution is -1.06. The second kappa shape index (κ2) is 13.0. The van der Waals surface area contributed by atoms with Gasteiger partial charge in [-0.25, -0.2) is 4.79 Å². The Morgan fingerprint density at radius 3 is 2.29 bits per heavy atom. The summed E-state index contributed by atoms with van der Waals surface area (Å²) in [6.45, 7) is -0.0689. The Morgan fingerprint density at radius 1 is 0.976 bits per heavy atom. The third-order valence-corrected chi connectivity index (χ3v) is 7.46. The van der Waals surface area contributed by atoms with E-state index in [0.29, 0.717) is 22.7 Å². The number of rotatable bonds is 12. The van der Waals surface area contributed by atoms with Crippen LogP contribution in [0, 0.1) is 0 Å². The van der Waals surface area contributed by atoms with Gasteiger partial charge in [0, 0.05) is 23.4 Å². The van der Waals surface area contributed by atoms with Gasteiger partial charge in [-0.2, -0.15) is 4.94 Å². The SMILES string of the molecule is NC(=O)C(CCC(=O)O)NC(=O)C(CCC(=O)O)[N+]12CC(=CC(c3ccc(-c4cccc(Cl)c4)cc3)=NO1)CCC2=O. The number of hydroxylamine groups is 3. The molecule has 2 aliphatic rings. The molecule has 2 aromatic rings. The number of carboxylic acids is 2. The van der Waals surface area contributed by atoms with Crippen molar-refractivity contribution in [2.45, 2.75) is 50.6 Å². The minimum absolute atomic E-state index is 0.0114. The van der Waals surface area contributed by atoms with Crippen molar-refractivity contribution in [3.05, 3.63) is 70.8 Å². The summed E-state index contributed by atoms with van der Waals surface area (Å²) in [5.74, 6) is -4.73. The van der Waals surface area contributed by atoms with Gasteiger partial charge in [0.25, 0.3) is 5.91 Å². The third-order valence-electron chi connectivity index (χ3n) is 7.23. The maximum Gasteiger partial charge on any atom is 0.358 e. The number of hydrogen-bond donors (Lipinski definition) is 4. The number of nitrogens with one attached hydrogen (secondary N) is 1. The number of primary amides is 1. The second-order valence-corrected chi connectivity index (χ2v) is 10.6. The Kier molecular flexibility index (Phi) is 9.38. The van der Waals surface area contributed by atoms with Gasteiger partial charge in [-0.15, -0.1) is 0 Å². The molecule has 4 rings (SSSR count). The fourth-order valence-corrected chi connectivity index (χ4v) is 5.23. The number of amides is 3. The molecule has 0 aromatic heterocycles. The summed E-state index contributed by atoms with van der Waals surface area (Å²) in [6, 6.07) is 12.1. The first kappa shape index (κ1) is 30.4. The normalized spacial score (nSPS) is 19.3. The van der Waals surface area contributed by atoms with E-state index in [2.05, 4.69) is 10.5 Å². The summed E-state index contributed by atoms with van der Waals surface area (Å²) >= 11 is 6.12. The smallest absolute Gasteiger partial charge is 0.358 e. The summed E-state index contributed by atoms with van der Waals surface area (Å²) in [5, 5.41) is 25.6. The Morgan fingerprint density at radius 2 is 1.64 bits per heavy atom. The lowest BCUT2D eigenvalue weighted by atomic mass is 9.96. The number of aliphatic carboxylic acids is 2. The summed E-state index contributed by atoms with van der Waals surface area (Å²) in [4.78, 5) is 67.3. The molecule has 0 radical (unpaired) electrons. The van der Waals surface area contributed by atoms with Crippen LogP contribution in [0.25, 0.3) is 11.1 Å². The van der Waals surface area contributed by atoms with Crippen molar-refractivity contribution in [1.29, 1.82) is 0 Å². The number of allylic oxidation sites excluding steroid dienone is 1. The number of hydrogen-bond acceptors (Lipinski definition) is 7. The average Bonchev–Trinajstić information content (AvgIpc) is 3.10. The Balaban J connectivity index is 1.65. The number of piperidine rings is 1. The minimum Gasteiger partial charge on any atom is -0.481 e. The molecule has 5 N–H and O–H groups in total. The van der Waals surface area contributed by atoms with Crippen LogP contribution in [0.2, 0.25) is 5.02 Å². The molecule has 0 spiro atoms. The van der Waals surface area contributed by atoms with Crippen LogP contribution in [0.1, 0.15) is 44.1 Å².